The molecule has 0 radical (unpaired) electrons. The number of carbonyl (C=O) groups is 1. The normalized spacial score (nSPS) is 19.8. The van der Waals surface area contributed by atoms with Crippen LogP contribution < -0.4 is 9.64 Å². The van der Waals surface area contributed by atoms with Crippen LogP contribution in [-0.4, -0.2) is 69.8 Å². The number of hydrogen-bond acceptors (Lipinski definition) is 7. The van der Waals surface area contributed by atoms with E-state index in [1.54, 1.807) is 50.2 Å². The van der Waals surface area contributed by atoms with Crippen LogP contribution in [0.3, 0.4) is 0 Å². The number of aromatic nitrogens is 3. The molecule has 0 spiro atoms. The lowest BCUT2D eigenvalue weighted by atomic mass is 9.92. The molecule has 8 heteroatoms. The third-order valence-corrected chi connectivity index (χ3v) is 4.38. The number of piperidine rings is 1. The maximum atomic E-state index is 12.3. The number of carbonyl (C=O) groups excluding carboxylic acids is 1. The molecule has 0 unspecified atom stereocenters. The van der Waals surface area contributed by atoms with Crippen molar-refractivity contribution >= 4 is 11.7 Å². The summed E-state index contributed by atoms with van der Waals surface area (Å²) >= 11 is 0. The monoisotopic (exact) mass is 357 g/mol. The quantitative estimate of drug-likeness (QED) is 0.815. The van der Waals surface area contributed by atoms with Crippen LogP contribution >= 0.6 is 0 Å². The van der Waals surface area contributed by atoms with Gasteiger partial charge in [0.25, 0.3) is 5.91 Å². The van der Waals surface area contributed by atoms with Gasteiger partial charge in [0.05, 0.1) is 24.5 Å². The Hall–Kier alpha value is -2.74. The highest BCUT2D eigenvalue weighted by Crippen LogP contribution is 2.25. The molecule has 1 atom stereocenters. The third kappa shape index (κ3) is 4.66. The molecule has 2 aromatic heterocycles. The first-order valence-corrected chi connectivity index (χ1v) is 8.56. The van der Waals surface area contributed by atoms with E-state index in [0.29, 0.717) is 18.7 Å². The van der Waals surface area contributed by atoms with Gasteiger partial charge < -0.3 is 19.6 Å². The van der Waals surface area contributed by atoms with Crippen LogP contribution in [0.2, 0.25) is 0 Å². The topological polar surface area (TPSA) is 91.7 Å². The number of β-amino-alcohol motifs (C(OH)–C–C–N with tert-alkyl or cyclic N) is 1. The van der Waals surface area contributed by atoms with Crippen LogP contribution in [0, 0.1) is 0 Å². The average Bonchev–Trinajstić information content (AvgIpc) is 2.67. The molecule has 3 heterocycles. The second-order valence-electron chi connectivity index (χ2n) is 6.54. The minimum atomic E-state index is -0.992. The van der Waals surface area contributed by atoms with Gasteiger partial charge in [0.2, 0.25) is 0 Å². The van der Waals surface area contributed by atoms with E-state index in [9.17, 15) is 9.90 Å². The fourth-order valence-corrected chi connectivity index (χ4v) is 3.11. The van der Waals surface area contributed by atoms with Crippen molar-refractivity contribution in [2.24, 2.45) is 0 Å². The number of aliphatic hydroxyl groups is 1. The molecule has 1 aliphatic rings. The van der Waals surface area contributed by atoms with Crippen LogP contribution in [0.1, 0.15) is 12.8 Å². The Morgan fingerprint density at radius 2 is 2.19 bits per heavy atom. The molecule has 0 aliphatic carbocycles. The molecule has 26 heavy (non-hydrogen) atoms. The van der Waals surface area contributed by atoms with Gasteiger partial charge in [0.1, 0.15) is 11.6 Å². The molecular weight excluding hydrogens is 334 g/mol. The Kier molecular flexibility index (Phi) is 5.62. The number of rotatable bonds is 6. The van der Waals surface area contributed by atoms with Crippen LogP contribution in [0.4, 0.5) is 5.82 Å². The highest BCUT2D eigenvalue weighted by Gasteiger charge is 2.36. The minimum absolute atomic E-state index is 0.0911. The van der Waals surface area contributed by atoms with E-state index in [1.807, 2.05) is 4.90 Å². The summed E-state index contributed by atoms with van der Waals surface area (Å²) in [5.41, 5.74) is -0.992. The van der Waals surface area contributed by atoms with Crippen molar-refractivity contribution in [2.75, 3.05) is 38.2 Å². The average molecular weight is 357 g/mol. The Balaban J connectivity index is 1.55. The largest absolute Gasteiger partial charge is 0.482 e. The molecule has 3 rings (SSSR count). The zero-order chi connectivity index (χ0) is 18.4. The van der Waals surface area contributed by atoms with Crippen molar-refractivity contribution in [3.05, 3.63) is 43.1 Å². The summed E-state index contributed by atoms with van der Waals surface area (Å²) in [4.78, 5) is 28.1. The van der Waals surface area contributed by atoms with Gasteiger partial charge in [-0.15, -0.1) is 0 Å². The fourth-order valence-electron chi connectivity index (χ4n) is 3.11. The van der Waals surface area contributed by atoms with Crippen molar-refractivity contribution in [3.63, 3.8) is 0 Å². The van der Waals surface area contributed by atoms with Gasteiger partial charge in [0.15, 0.2) is 6.61 Å². The second-order valence-corrected chi connectivity index (χ2v) is 6.54. The summed E-state index contributed by atoms with van der Waals surface area (Å²) in [6, 6.07) is 3.49. The van der Waals surface area contributed by atoms with Crippen LogP contribution in [0.15, 0.2) is 43.1 Å². The van der Waals surface area contributed by atoms with E-state index in [1.165, 1.54) is 4.90 Å². The maximum Gasteiger partial charge on any atom is 0.260 e. The number of pyridine rings is 1. The first-order valence-electron chi connectivity index (χ1n) is 8.56. The Morgan fingerprint density at radius 1 is 1.35 bits per heavy atom. The molecule has 2 aromatic rings. The summed E-state index contributed by atoms with van der Waals surface area (Å²) in [6.45, 7) is 1.36. The second kappa shape index (κ2) is 8.09. The molecule has 1 fully saturated rings. The van der Waals surface area contributed by atoms with E-state index < -0.39 is 5.60 Å². The smallest absolute Gasteiger partial charge is 0.260 e. The molecule has 0 saturated carbocycles. The van der Waals surface area contributed by atoms with Gasteiger partial charge >= 0.3 is 0 Å². The molecule has 0 aromatic carbocycles. The van der Waals surface area contributed by atoms with Gasteiger partial charge in [-0.2, -0.15) is 0 Å². The molecule has 8 nitrogen and oxygen atoms in total. The summed E-state index contributed by atoms with van der Waals surface area (Å²) < 4.78 is 5.44. The number of anilines is 1. The Morgan fingerprint density at radius 3 is 2.92 bits per heavy atom. The fraction of sp³-hybridized carbons (Fsp3) is 0.444. The van der Waals surface area contributed by atoms with Crippen molar-refractivity contribution in [2.45, 2.75) is 18.4 Å². The van der Waals surface area contributed by atoms with E-state index in [2.05, 4.69) is 15.0 Å². The Labute approximate surface area is 152 Å². The van der Waals surface area contributed by atoms with E-state index >= 15 is 0 Å². The van der Waals surface area contributed by atoms with E-state index in [4.69, 9.17) is 4.74 Å². The van der Waals surface area contributed by atoms with Crippen LogP contribution in [0.25, 0.3) is 0 Å². The molecular formula is C18H23N5O3. The lowest BCUT2D eigenvalue weighted by Gasteiger charge is -2.41. The van der Waals surface area contributed by atoms with Crippen LogP contribution in [-0.2, 0) is 4.79 Å². The highest BCUT2D eigenvalue weighted by atomic mass is 16.5. The summed E-state index contributed by atoms with van der Waals surface area (Å²) in [5.74, 6) is 1.08. The number of likely N-dealkylation sites (N-methyl/N-ethyl adjacent to an activating group) is 1. The molecule has 0 bridgehead atoms. The SMILES string of the molecule is CN(C[C@]1(O)CCCN(c2cnccn2)C1)C(=O)COc1cccnc1. The van der Waals surface area contributed by atoms with Gasteiger partial charge in [-0.1, -0.05) is 0 Å². The number of hydrogen-bond donors (Lipinski definition) is 1. The molecule has 1 saturated heterocycles. The van der Waals surface area contributed by atoms with Crippen molar-refractivity contribution in [3.8, 4) is 5.75 Å². The van der Waals surface area contributed by atoms with Gasteiger partial charge in [-0.3, -0.25) is 14.8 Å². The zero-order valence-corrected chi connectivity index (χ0v) is 14.8. The summed E-state index contributed by atoms with van der Waals surface area (Å²) in [7, 11) is 1.67. The predicted molar refractivity (Wildman–Crippen MR) is 95.8 cm³/mol. The standard InChI is InChI=1S/C18H23N5O3/c1-22(17(24)12-26-15-4-2-6-19-10-15)13-18(25)5-3-9-23(14-18)16-11-20-7-8-21-16/h2,4,6-8,10-11,25H,3,5,9,12-14H2,1H3/t18-/m1/s1. The molecule has 138 valence electrons. The van der Waals surface area contributed by atoms with Gasteiger partial charge in [0, 0.05) is 38.7 Å². The first kappa shape index (κ1) is 18.1. The third-order valence-electron chi connectivity index (χ3n) is 4.38. The van der Waals surface area contributed by atoms with Crippen molar-refractivity contribution in [1.29, 1.82) is 0 Å². The Bertz CT molecular complexity index is 715. The summed E-state index contributed by atoms with van der Waals surface area (Å²) in [6.07, 6.45) is 9.58. The number of amides is 1. The minimum Gasteiger partial charge on any atom is -0.482 e. The lowest BCUT2D eigenvalue weighted by Crippen LogP contribution is -2.55. The van der Waals surface area contributed by atoms with Crippen LogP contribution in [0.5, 0.6) is 5.75 Å². The molecule has 1 amide bonds. The van der Waals surface area contributed by atoms with Gasteiger partial charge in [-0.25, -0.2) is 4.98 Å². The molecule has 1 aliphatic heterocycles. The van der Waals surface area contributed by atoms with Crippen molar-refractivity contribution < 1.29 is 14.6 Å². The zero-order valence-electron chi connectivity index (χ0n) is 14.8. The maximum absolute atomic E-state index is 12.3. The van der Waals surface area contributed by atoms with Gasteiger partial charge in [-0.05, 0) is 25.0 Å². The van der Waals surface area contributed by atoms with E-state index in [0.717, 1.165) is 18.8 Å². The first-order chi connectivity index (χ1) is 12.6. The predicted octanol–water partition coefficient (Wildman–Crippen LogP) is 0.740. The van der Waals surface area contributed by atoms with E-state index in [-0.39, 0.29) is 19.1 Å². The molecule has 1 N–H and O–H groups in total. The van der Waals surface area contributed by atoms with Crippen molar-refractivity contribution in [1.82, 2.24) is 19.9 Å². The number of nitrogens with zero attached hydrogens (tertiary/aromatic N) is 5. The highest BCUT2D eigenvalue weighted by molar-refractivity contribution is 5.77. The lowest BCUT2D eigenvalue weighted by molar-refractivity contribution is -0.135. The summed E-state index contributed by atoms with van der Waals surface area (Å²) in [5, 5.41) is 11.0. The number of ether oxygens (including phenoxy) is 1.